The van der Waals surface area contributed by atoms with Gasteiger partial charge in [-0.1, -0.05) is 180 Å². The number of H-pyrrole nitrogens is 1. The number of phosphoric ester groups is 1. The summed E-state index contributed by atoms with van der Waals surface area (Å²) < 4.78 is 35.6. The number of fused-ring (bicyclic) bond motifs is 1. The zero-order valence-corrected chi connectivity index (χ0v) is 46.1. The topological polar surface area (TPSA) is 232 Å². The van der Waals surface area contributed by atoms with Crippen molar-refractivity contribution in [1.29, 1.82) is 0 Å². The van der Waals surface area contributed by atoms with Crippen LogP contribution in [0.25, 0.3) is 10.9 Å². The molecule has 0 spiro atoms. The fourth-order valence-corrected chi connectivity index (χ4v) is 9.51. The third kappa shape index (κ3) is 35.1. The number of aromatic amines is 1. The predicted octanol–water partition coefficient (Wildman–Crippen LogP) is 12.1. The molecule has 0 fully saturated rings. The second-order valence-corrected chi connectivity index (χ2v) is 21.3. The molecule has 1 aromatic carbocycles. The van der Waals surface area contributed by atoms with Gasteiger partial charge in [-0.15, -0.1) is 0 Å². The van der Waals surface area contributed by atoms with E-state index in [2.05, 4.69) is 41.7 Å². The molecule has 1 aromatic heterocycles. The van der Waals surface area contributed by atoms with Crippen LogP contribution in [0.1, 0.15) is 226 Å². The first-order valence-electron chi connectivity index (χ1n) is 28.4. The molecule has 0 bridgehead atoms. The van der Waals surface area contributed by atoms with Crippen LogP contribution in [0, 0.1) is 0 Å². The van der Waals surface area contributed by atoms with Gasteiger partial charge >= 0.3 is 19.8 Å². The molecule has 3 amide bonds. The number of para-hydroxylation sites is 1. The summed E-state index contributed by atoms with van der Waals surface area (Å²) in [6.45, 7) is 5.72. The number of carboxylic acid groups (broad SMARTS) is 1. The average molecular weight is 1050 g/mol. The van der Waals surface area contributed by atoms with Gasteiger partial charge < -0.3 is 40.4 Å². The first-order valence-corrected chi connectivity index (χ1v) is 29.9. The first kappa shape index (κ1) is 65.3. The van der Waals surface area contributed by atoms with Crippen molar-refractivity contribution in [3.63, 3.8) is 0 Å². The van der Waals surface area contributed by atoms with E-state index in [0.29, 0.717) is 25.0 Å². The van der Waals surface area contributed by atoms with E-state index < -0.39 is 50.9 Å². The van der Waals surface area contributed by atoms with Gasteiger partial charge in [-0.2, -0.15) is 0 Å². The van der Waals surface area contributed by atoms with Gasteiger partial charge in [0.25, 0.3) is 0 Å². The zero-order valence-electron chi connectivity index (χ0n) is 45.2. The van der Waals surface area contributed by atoms with Crippen LogP contribution in [0.4, 0.5) is 0 Å². The molecule has 0 saturated heterocycles. The van der Waals surface area contributed by atoms with Gasteiger partial charge in [0.2, 0.25) is 17.7 Å². The number of hydrogen-bond acceptors (Lipinski definition) is 10. The highest BCUT2D eigenvalue weighted by Crippen LogP contribution is 2.43. The molecule has 0 aliphatic rings. The number of benzene rings is 1. The van der Waals surface area contributed by atoms with Crippen molar-refractivity contribution in [2.75, 3.05) is 33.0 Å². The molecule has 0 saturated carbocycles. The Bertz CT molecular complexity index is 1790. The lowest BCUT2D eigenvalue weighted by Crippen LogP contribution is -2.48. The van der Waals surface area contributed by atoms with E-state index in [1.165, 1.54) is 83.5 Å². The zero-order chi connectivity index (χ0) is 53.2. The molecule has 2 aromatic rings. The minimum atomic E-state index is -4.70. The molecule has 418 valence electrons. The number of esters is 1. The summed E-state index contributed by atoms with van der Waals surface area (Å²) in [4.78, 5) is 77.3. The van der Waals surface area contributed by atoms with Gasteiger partial charge in [-0.25, -0.2) is 4.57 Å². The molecule has 0 radical (unpaired) electrons. The van der Waals surface area contributed by atoms with E-state index in [-0.39, 0.29) is 63.4 Å². The van der Waals surface area contributed by atoms with E-state index in [0.717, 1.165) is 88.0 Å². The van der Waals surface area contributed by atoms with Crippen molar-refractivity contribution in [3.05, 3.63) is 36.0 Å². The number of carboxylic acids is 1. The second kappa shape index (κ2) is 42.4. The SMILES string of the molecule is CCCCCCCCCCCCCC(=O)N[C@H](COCC[C@H](CCCCCCC)OC(=O)CCCCCCCCCCC)COP(=O)(O)OCCNC(=O)[C@H](CCC(=O)O)NC(=O)Cc1cc2ccccc2[nH]1. The molecule has 17 heteroatoms. The summed E-state index contributed by atoms with van der Waals surface area (Å²) in [7, 11) is -4.70. The predicted molar refractivity (Wildman–Crippen MR) is 289 cm³/mol. The summed E-state index contributed by atoms with van der Waals surface area (Å²) in [6.07, 6.45) is 29.5. The monoisotopic (exact) mass is 1050 g/mol. The molecule has 0 aliphatic carbocycles. The lowest BCUT2D eigenvalue weighted by atomic mass is 10.1. The molecular weight excluding hydrogens is 952 g/mol. The smallest absolute Gasteiger partial charge is 0.472 e. The van der Waals surface area contributed by atoms with E-state index in [1.807, 2.05) is 30.3 Å². The molecule has 6 N–H and O–H groups in total. The number of hydrogen-bond donors (Lipinski definition) is 6. The highest BCUT2D eigenvalue weighted by atomic mass is 31.2. The van der Waals surface area contributed by atoms with Crippen molar-refractivity contribution in [1.82, 2.24) is 20.9 Å². The fraction of sp³-hybridized carbons (Fsp3) is 0.768. The van der Waals surface area contributed by atoms with E-state index in [4.69, 9.17) is 18.5 Å². The molecule has 73 heavy (non-hydrogen) atoms. The highest BCUT2D eigenvalue weighted by Gasteiger charge is 2.26. The van der Waals surface area contributed by atoms with Crippen molar-refractivity contribution < 1.29 is 57.1 Å². The molecule has 2 rings (SSSR count). The minimum absolute atomic E-state index is 0.0284. The molecule has 1 unspecified atom stereocenters. The fourth-order valence-electron chi connectivity index (χ4n) is 8.75. The number of phosphoric acid groups is 1. The van der Waals surface area contributed by atoms with Crippen LogP contribution >= 0.6 is 7.82 Å². The van der Waals surface area contributed by atoms with Gasteiger partial charge in [-0.3, -0.25) is 33.0 Å². The van der Waals surface area contributed by atoms with Crippen LogP contribution in [-0.2, 0) is 53.5 Å². The number of aromatic nitrogens is 1. The summed E-state index contributed by atoms with van der Waals surface area (Å²) in [5.41, 5.74) is 1.47. The van der Waals surface area contributed by atoms with Crippen molar-refractivity contribution in [3.8, 4) is 0 Å². The molecule has 16 nitrogen and oxygen atoms in total. The maximum atomic E-state index is 13.2. The Labute approximate surface area is 438 Å². The Balaban J connectivity index is 1.93. The number of ether oxygens (including phenoxy) is 2. The number of carbonyl (C=O) groups excluding carboxylic acids is 4. The molecule has 1 heterocycles. The summed E-state index contributed by atoms with van der Waals surface area (Å²) in [5, 5.41) is 18.2. The Kier molecular flexibility index (Phi) is 37.9. The van der Waals surface area contributed by atoms with Gasteiger partial charge in [0.05, 0.1) is 38.9 Å². The first-order chi connectivity index (χ1) is 35.3. The van der Waals surface area contributed by atoms with Crippen LogP contribution in [0.2, 0.25) is 0 Å². The minimum Gasteiger partial charge on any atom is -0.481 e. The lowest BCUT2D eigenvalue weighted by molar-refractivity contribution is -0.150. The van der Waals surface area contributed by atoms with E-state index in [9.17, 15) is 38.5 Å². The van der Waals surface area contributed by atoms with E-state index >= 15 is 0 Å². The van der Waals surface area contributed by atoms with Gasteiger partial charge in [0, 0.05) is 43.4 Å². The molecule has 4 atom stereocenters. The van der Waals surface area contributed by atoms with Gasteiger partial charge in [-0.05, 0) is 49.6 Å². The summed E-state index contributed by atoms with van der Waals surface area (Å²) in [5.74, 6) is -2.75. The number of nitrogens with one attached hydrogen (secondary N) is 4. The Morgan fingerprint density at radius 1 is 0.616 bits per heavy atom. The highest BCUT2D eigenvalue weighted by molar-refractivity contribution is 7.47. The Hall–Kier alpha value is -3.82. The number of amides is 3. The maximum Gasteiger partial charge on any atom is 0.472 e. The average Bonchev–Trinajstić information content (AvgIpc) is 3.77. The number of aliphatic carboxylic acids is 1. The normalized spacial score (nSPS) is 13.5. The van der Waals surface area contributed by atoms with Crippen molar-refractivity contribution in [2.45, 2.75) is 244 Å². The summed E-state index contributed by atoms with van der Waals surface area (Å²) >= 11 is 0. The quantitative estimate of drug-likeness (QED) is 0.0206. The van der Waals surface area contributed by atoms with Crippen molar-refractivity contribution >= 4 is 48.4 Å². The number of rotatable bonds is 49. The number of carbonyl (C=O) groups is 5. The third-order valence-corrected chi connectivity index (χ3v) is 14.0. The third-order valence-electron chi connectivity index (χ3n) is 13.0. The standard InChI is InChI=1S/C56H97N4O12P/c1-4-7-10-13-15-17-18-20-21-24-27-34-52(61)59-48(44-69-40-38-49(32-26-23-12-9-6-3)72-55(65)35-28-25-22-19-16-14-11-8-5-2)45-71-73(67,68)70-41-39-57-56(66)51(36-37-54(63)64)60-53(62)43-47-42-46-31-29-30-33-50(46)58-47/h29-31,33,42,48-49,51,58H,4-28,32,34-41,43-45H2,1-3H3,(H,57,66)(H,59,61)(H,60,62)(H,63,64)(H,67,68)/t48-,49+,51+/m1/s1. The Morgan fingerprint density at radius 2 is 1.18 bits per heavy atom. The second-order valence-electron chi connectivity index (χ2n) is 19.8. The Morgan fingerprint density at radius 3 is 1.77 bits per heavy atom. The van der Waals surface area contributed by atoms with Crippen LogP contribution in [0.15, 0.2) is 30.3 Å². The van der Waals surface area contributed by atoms with E-state index in [1.54, 1.807) is 0 Å². The van der Waals surface area contributed by atoms with Gasteiger partial charge in [0.15, 0.2) is 0 Å². The summed E-state index contributed by atoms with van der Waals surface area (Å²) in [6, 6.07) is 7.36. The van der Waals surface area contributed by atoms with Crippen molar-refractivity contribution in [2.24, 2.45) is 0 Å². The lowest BCUT2D eigenvalue weighted by Gasteiger charge is -2.22. The molecular formula is C56H97N4O12P. The van der Waals surface area contributed by atoms with Crippen LogP contribution in [-0.4, -0.2) is 95.8 Å². The van der Waals surface area contributed by atoms with Gasteiger partial charge in [0.1, 0.15) is 12.1 Å². The largest absolute Gasteiger partial charge is 0.481 e. The van der Waals surface area contributed by atoms with Crippen LogP contribution in [0.5, 0.6) is 0 Å². The molecule has 0 aliphatic heterocycles. The maximum absolute atomic E-state index is 13.2. The van der Waals surface area contributed by atoms with Crippen LogP contribution in [0.3, 0.4) is 0 Å². The van der Waals surface area contributed by atoms with Crippen LogP contribution < -0.4 is 16.0 Å². The number of unbranched alkanes of at least 4 members (excludes halogenated alkanes) is 22.